The van der Waals surface area contributed by atoms with Gasteiger partial charge in [0.25, 0.3) is 0 Å². The third kappa shape index (κ3) is 4.81. The summed E-state index contributed by atoms with van der Waals surface area (Å²) in [5, 5.41) is 16.4. The van der Waals surface area contributed by atoms with Gasteiger partial charge in [-0.25, -0.2) is 0 Å². The fourth-order valence-corrected chi connectivity index (χ4v) is 2.91. The summed E-state index contributed by atoms with van der Waals surface area (Å²) in [4.78, 5) is 2.38. The van der Waals surface area contributed by atoms with Crippen molar-refractivity contribution in [3.05, 3.63) is 35.9 Å². The van der Waals surface area contributed by atoms with Crippen LogP contribution in [0.15, 0.2) is 30.3 Å². The van der Waals surface area contributed by atoms with Crippen molar-refractivity contribution in [2.75, 3.05) is 26.3 Å². The van der Waals surface area contributed by atoms with Crippen molar-refractivity contribution in [2.24, 2.45) is 5.73 Å². The number of ether oxygens (including phenoxy) is 1. The van der Waals surface area contributed by atoms with Crippen molar-refractivity contribution in [3.8, 4) is 0 Å². The Kier molecular flexibility index (Phi) is 6.17. The van der Waals surface area contributed by atoms with Gasteiger partial charge in [-0.05, 0) is 18.4 Å². The minimum Gasteiger partial charge on any atom is -0.394 e. The molecule has 1 saturated heterocycles. The van der Waals surface area contributed by atoms with Gasteiger partial charge < -0.3 is 15.6 Å². The van der Waals surface area contributed by atoms with E-state index in [4.69, 9.17) is 21.0 Å². The molecule has 2 rings (SSSR count). The topological polar surface area (TPSA) is 82.6 Å². The number of amidine groups is 1. The normalized spacial score (nSPS) is 18.5. The molecule has 0 aliphatic carbocycles. The summed E-state index contributed by atoms with van der Waals surface area (Å²) >= 11 is 0. The largest absolute Gasteiger partial charge is 0.394 e. The van der Waals surface area contributed by atoms with Crippen molar-refractivity contribution in [2.45, 2.75) is 31.4 Å². The van der Waals surface area contributed by atoms with Gasteiger partial charge in [0.2, 0.25) is 0 Å². The van der Waals surface area contributed by atoms with Crippen LogP contribution in [0.1, 0.15) is 30.9 Å². The average Bonchev–Trinajstić information content (AvgIpc) is 2.52. The Morgan fingerprint density at radius 3 is 2.57 bits per heavy atom. The van der Waals surface area contributed by atoms with E-state index in [1.54, 1.807) is 0 Å². The van der Waals surface area contributed by atoms with E-state index >= 15 is 0 Å². The van der Waals surface area contributed by atoms with Crippen LogP contribution in [-0.2, 0) is 4.74 Å². The molecule has 1 aliphatic rings. The number of hydrogen-bond donors (Lipinski definition) is 3. The van der Waals surface area contributed by atoms with E-state index in [1.807, 2.05) is 18.2 Å². The Hall–Kier alpha value is -1.43. The number of aliphatic hydroxyl groups is 1. The predicted molar refractivity (Wildman–Crippen MR) is 83.3 cm³/mol. The van der Waals surface area contributed by atoms with E-state index < -0.39 is 0 Å². The number of hydrogen-bond acceptors (Lipinski definition) is 4. The zero-order chi connectivity index (χ0) is 15.1. The molecule has 0 bridgehead atoms. The van der Waals surface area contributed by atoms with E-state index in [1.165, 1.54) is 5.56 Å². The first kappa shape index (κ1) is 15.9. The Morgan fingerprint density at radius 1 is 1.33 bits per heavy atom. The summed E-state index contributed by atoms with van der Waals surface area (Å²) in [7, 11) is 0. The molecule has 0 radical (unpaired) electrons. The maximum absolute atomic E-state index is 8.81. The lowest BCUT2D eigenvalue weighted by atomic mass is 9.97. The van der Waals surface area contributed by atoms with E-state index in [-0.39, 0.29) is 24.6 Å². The highest BCUT2D eigenvalue weighted by Gasteiger charge is 2.26. The number of aliphatic hydroxyl groups excluding tert-OH is 1. The maximum atomic E-state index is 8.81. The summed E-state index contributed by atoms with van der Waals surface area (Å²) < 4.78 is 5.60. The first-order valence-electron chi connectivity index (χ1n) is 7.55. The van der Waals surface area contributed by atoms with Gasteiger partial charge in [-0.2, -0.15) is 0 Å². The molecule has 1 aliphatic heterocycles. The van der Waals surface area contributed by atoms with Gasteiger partial charge in [-0.1, -0.05) is 30.3 Å². The van der Waals surface area contributed by atoms with Crippen LogP contribution in [0, 0.1) is 5.41 Å². The van der Waals surface area contributed by atoms with Crippen LogP contribution in [0.3, 0.4) is 0 Å². The van der Waals surface area contributed by atoms with Gasteiger partial charge in [0, 0.05) is 25.6 Å². The molecule has 1 aromatic carbocycles. The molecule has 1 aromatic rings. The van der Waals surface area contributed by atoms with Gasteiger partial charge >= 0.3 is 0 Å². The molecule has 0 aromatic heterocycles. The lowest BCUT2D eigenvalue weighted by Crippen LogP contribution is -2.40. The molecule has 0 spiro atoms. The third-order valence-electron chi connectivity index (χ3n) is 3.96. The lowest BCUT2D eigenvalue weighted by molar-refractivity contribution is -0.0150. The fraction of sp³-hybridized carbons (Fsp3) is 0.562. The van der Waals surface area contributed by atoms with Crippen molar-refractivity contribution in [1.29, 1.82) is 5.41 Å². The molecular formula is C16H25N3O2. The van der Waals surface area contributed by atoms with Crippen LogP contribution in [0.2, 0.25) is 0 Å². The number of likely N-dealkylation sites (tertiary alicyclic amines) is 1. The van der Waals surface area contributed by atoms with Crippen LogP contribution >= 0.6 is 0 Å². The van der Waals surface area contributed by atoms with Crippen LogP contribution in [0.5, 0.6) is 0 Å². The molecule has 1 fully saturated rings. The van der Waals surface area contributed by atoms with E-state index in [2.05, 4.69) is 17.0 Å². The smallest absolute Gasteiger partial charge is 0.0924 e. The van der Waals surface area contributed by atoms with Gasteiger partial charge in [-0.3, -0.25) is 10.3 Å². The van der Waals surface area contributed by atoms with Crippen molar-refractivity contribution >= 4 is 5.84 Å². The van der Waals surface area contributed by atoms with Gasteiger partial charge in [0.15, 0.2) is 0 Å². The minimum atomic E-state index is 0.0805. The zero-order valence-electron chi connectivity index (χ0n) is 12.4. The molecule has 21 heavy (non-hydrogen) atoms. The lowest BCUT2D eigenvalue weighted by Gasteiger charge is -2.37. The first-order chi connectivity index (χ1) is 10.2. The fourth-order valence-electron chi connectivity index (χ4n) is 2.91. The average molecular weight is 291 g/mol. The molecule has 0 saturated carbocycles. The number of piperidine rings is 1. The minimum absolute atomic E-state index is 0.0805. The summed E-state index contributed by atoms with van der Waals surface area (Å²) in [6.07, 6.45) is 2.72. The second-order valence-corrected chi connectivity index (χ2v) is 5.49. The molecule has 116 valence electrons. The third-order valence-corrected chi connectivity index (χ3v) is 3.96. The summed E-state index contributed by atoms with van der Waals surface area (Å²) in [5.74, 6) is 0.225. The zero-order valence-corrected chi connectivity index (χ0v) is 12.4. The number of nitrogens with two attached hydrogens (primary N) is 1. The SMILES string of the molecule is N=C(N)CC(c1ccccc1)N1CCC(OCCO)CC1. The van der Waals surface area contributed by atoms with Gasteiger partial charge in [0.05, 0.1) is 25.2 Å². The molecule has 4 N–H and O–H groups in total. The quantitative estimate of drug-likeness (QED) is 0.525. The highest BCUT2D eigenvalue weighted by atomic mass is 16.5. The second-order valence-electron chi connectivity index (χ2n) is 5.49. The van der Waals surface area contributed by atoms with E-state index in [9.17, 15) is 0 Å². The predicted octanol–water partition coefficient (Wildman–Crippen LogP) is 1.53. The molecule has 1 heterocycles. The number of benzene rings is 1. The van der Waals surface area contributed by atoms with Crippen molar-refractivity contribution in [1.82, 2.24) is 4.90 Å². The number of nitrogens with one attached hydrogen (secondary N) is 1. The highest BCUT2D eigenvalue weighted by Crippen LogP contribution is 2.28. The first-order valence-corrected chi connectivity index (χ1v) is 7.55. The Morgan fingerprint density at radius 2 is 2.00 bits per heavy atom. The van der Waals surface area contributed by atoms with E-state index in [0.29, 0.717) is 13.0 Å². The van der Waals surface area contributed by atoms with Crippen LogP contribution in [-0.4, -0.2) is 48.2 Å². The standard InChI is InChI=1S/C16H25N3O2/c17-16(18)12-15(13-4-2-1-3-5-13)19-8-6-14(7-9-19)21-11-10-20/h1-5,14-15,20H,6-12H2,(H3,17,18). The van der Waals surface area contributed by atoms with Crippen LogP contribution in [0.4, 0.5) is 0 Å². The summed E-state index contributed by atoms with van der Waals surface area (Å²) in [6.45, 7) is 2.36. The highest BCUT2D eigenvalue weighted by molar-refractivity contribution is 5.77. The molecule has 1 atom stereocenters. The van der Waals surface area contributed by atoms with Gasteiger partial charge in [-0.15, -0.1) is 0 Å². The van der Waals surface area contributed by atoms with E-state index in [0.717, 1.165) is 25.9 Å². The molecule has 5 nitrogen and oxygen atoms in total. The van der Waals surface area contributed by atoms with Crippen molar-refractivity contribution < 1.29 is 9.84 Å². The van der Waals surface area contributed by atoms with Crippen LogP contribution in [0.25, 0.3) is 0 Å². The molecule has 5 heteroatoms. The molecule has 0 amide bonds. The second kappa shape index (κ2) is 8.12. The van der Waals surface area contributed by atoms with Crippen LogP contribution < -0.4 is 5.73 Å². The molecule has 1 unspecified atom stereocenters. The Bertz CT molecular complexity index is 430. The Labute approximate surface area is 126 Å². The summed E-state index contributed by atoms with van der Waals surface area (Å²) in [5.41, 5.74) is 6.85. The van der Waals surface area contributed by atoms with Crippen molar-refractivity contribution in [3.63, 3.8) is 0 Å². The number of rotatable bonds is 7. The van der Waals surface area contributed by atoms with Gasteiger partial charge in [0.1, 0.15) is 0 Å². The monoisotopic (exact) mass is 291 g/mol. The Balaban J connectivity index is 1.97. The number of nitrogens with zero attached hydrogens (tertiary/aromatic N) is 1. The summed E-state index contributed by atoms with van der Waals surface area (Å²) in [6, 6.07) is 10.4. The molecular weight excluding hydrogens is 266 g/mol. The maximum Gasteiger partial charge on any atom is 0.0924 e.